The standard InChI is InChI=1S/C16H15BrClNO5S/c1-10-7-12(4-6-15(10)24-2)25(22,23)19(9-16(20)21)11-3-5-13(17)14(18)8-11/h3-8H,9H2,1-2H3,(H,20,21). The maximum absolute atomic E-state index is 13.0. The molecule has 0 heterocycles. The third kappa shape index (κ3) is 4.26. The second kappa shape index (κ2) is 7.63. The van der Waals surface area contributed by atoms with E-state index in [2.05, 4.69) is 15.9 Å². The molecule has 0 aliphatic heterocycles. The number of carbonyl (C=O) groups is 1. The molecule has 1 N–H and O–H groups in total. The smallest absolute Gasteiger partial charge is 0.324 e. The summed E-state index contributed by atoms with van der Waals surface area (Å²) in [7, 11) is -2.62. The van der Waals surface area contributed by atoms with E-state index in [0.717, 1.165) is 4.31 Å². The normalized spacial score (nSPS) is 11.2. The van der Waals surface area contributed by atoms with Crippen LogP contribution < -0.4 is 9.04 Å². The van der Waals surface area contributed by atoms with Gasteiger partial charge in [-0.2, -0.15) is 0 Å². The first-order valence-electron chi connectivity index (χ1n) is 7.01. The van der Waals surface area contributed by atoms with Crippen molar-refractivity contribution in [2.24, 2.45) is 0 Å². The summed E-state index contributed by atoms with van der Waals surface area (Å²) >= 11 is 9.24. The Kier molecular flexibility index (Phi) is 5.97. The van der Waals surface area contributed by atoms with E-state index in [4.69, 9.17) is 21.4 Å². The van der Waals surface area contributed by atoms with E-state index < -0.39 is 22.5 Å². The molecule has 25 heavy (non-hydrogen) atoms. The molecular formula is C16H15BrClNO5S. The average molecular weight is 449 g/mol. The number of carboxylic acid groups (broad SMARTS) is 1. The van der Waals surface area contributed by atoms with Gasteiger partial charge >= 0.3 is 5.97 Å². The van der Waals surface area contributed by atoms with Crippen molar-refractivity contribution in [3.05, 3.63) is 51.5 Å². The number of hydrogen-bond acceptors (Lipinski definition) is 4. The summed E-state index contributed by atoms with van der Waals surface area (Å²) in [4.78, 5) is 11.2. The lowest BCUT2D eigenvalue weighted by molar-refractivity contribution is -0.135. The number of halogens is 2. The van der Waals surface area contributed by atoms with Crippen molar-refractivity contribution >= 4 is 49.2 Å². The highest BCUT2D eigenvalue weighted by Gasteiger charge is 2.28. The predicted octanol–water partition coefficient (Wildman–Crippen LogP) is 3.70. The Morgan fingerprint density at radius 1 is 1.28 bits per heavy atom. The molecule has 0 aliphatic carbocycles. The van der Waals surface area contributed by atoms with Crippen LogP contribution in [0.2, 0.25) is 5.02 Å². The monoisotopic (exact) mass is 447 g/mol. The van der Waals surface area contributed by atoms with Crippen molar-refractivity contribution < 1.29 is 23.1 Å². The molecule has 2 rings (SSSR count). The highest BCUT2D eigenvalue weighted by molar-refractivity contribution is 9.10. The van der Waals surface area contributed by atoms with Crippen molar-refractivity contribution in [2.45, 2.75) is 11.8 Å². The van der Waals surface area contributed by atoms with Crippen LogP contribution in [0.1, 0.15) is 5.56 Å². The molecule has 9 heteroatoms. The molecule has 2 aromatic carbocycles. The van der Waals surface area contributed by atoms with Crippen LogP contribution in [0.4, 0.5) is 5.69 Å². The second-order valence-electron chi connectivity index (χ2n) is 5.14. The van der Waals surface area contributed by atoms with Crippen molar-refractivity contribution in [2.75, 3.05) is 18.0 Å². The van der Waals surface area contributed by atoms with E-state index in [9.17, 15) is 13.2 Å². The number of hydrogen-bond donors (Lipinski definition) is 1. The largest absolute Gasteiger partial charge is 0.496 e. The first-order chi connectivity index (χ1) is 11.7. The first-order valence-corrected chi connectivity index (χ1v) is 9.62. The molecule has 0 unspecified atom stereocenters. The van der Waals surface area contributed by atoms with E-state index in [1.54, 1.807) is 13.0 Å². The number of sulfonamides is 1. The number of carboxylic acids is 1. The van der Waals surface area contributed by atoms with Crippen LogP contribution in [-0.2, 0) is 14.8 Å². The van der Waals surface area contributed by atoms with Gasteiger partial charge in [-0.1, -0.05) is 11.6 Å². The van der Waals surface area contributed by atoms with Gasteiger partial charge in [-0.05, 0) is 64.8 Å². The van der Waals surface area contributed by atoms with E-state index in [1.807, 2.05) is 0 Å². The maximum atomic E-state index is 13.0. The Morgan fingerprint density at radius 3 is 2.48 bits per heavy atom. The summed E-state index contributed by atoms with van der Waals surface area (Å²) in [6.07, 6.45) is 0. The molecule has 0 aliphatic rings. The number of methoxy groups -OCH3 is 1. The van der Waals surface area contributed by atoms with E-state index >= 15 is 0 Å². The second-order valence-corrected chi connectivity index (χ2v) is 8.26. The fourth-order valence-corrected chi connectivity index (χ4v) is 4.13. The lowest BCUT2D eigenvalue weighted by Crippen LogP contribution is -2.35. The first kappa shape index (κ1) is 19.6. The SMILES string of the molecule is COc1ccc(S(=O)(=O)N(CC(=O)O)c2ccc(Br)c(Cl)c2)cc1C. The van der Waals surface area contributed by atoms with Gasteiger partial charge in [-0.3, -0.25) is 9.10 Å². The van der Waals surface area contributed by atoms with Gasteiger partial charge in [0.15, 0.2) is 0 Å². The van der Waals surface area contributed by atoms with Crippen LogP contribution in [0.3, 0.4) is 0 Å². The molecule has 0 aromatic heterocycles. The number of aryl methyl sites for hydroxylation is 1. The number of aliphatic carboxylic acids is 1. The van der Waals surface area contributed by atoms with Crippen molar-refractivity contribution in [1.82, 2.24) is 0 Å². The van der Waals surface area contributed by atoms with E-state index in [-0.39, 0.29) is 15.6 Å². The van der Waals surface area contributed by atoms with Gasteiger partial charge in [-0.15, -0.1) is 0 Å². The molecule has 0 atom stereocenters. The Bertz CT molecular complexity index is 917. The Balaban J connectivity index is 2.57. The molecule has 6 nitrogen and oxygen atoms in total. The Hall–Kier alpha value is -1.77. The highest BCUT2D eigenvalue weighted by atomic mass is 79.9. The van der Waals surface area contributed by atoms with Gasteiger partial charge in [-0.25, -0.2) is 8.42 Å². The van der Waals surface area contributed by atoms with Crippen LogP contribution in [0, 0.1) is 6.92 Å². The summed E-state index contributed by atoms with van der Waals surface area (Å²) < 4.78 is 32.5. The Labute approximate surface area is 159 Å². The van der Waals surface area contributed by atoms with Crippen molar-refractivity contribution in [1.29, 1.82) is 0 Å². The number of ether oxygens (including phenoxy) is 1. The fraction of sp³-hybridized carbons (Fsp3) is 0.188. The van der Waals surface area contributed by atoms with Crippen LogP contribution in [0.25, 0.3) is 0 Å². The zero-order valence-electron chi connectivity index (χ0n) is 13.4. The quantitative estimate of drug-likeness (QED) is 0.728. The molecule has 134 valence electrons. The summed E-state index contributed by atoms with van der Waals surface area (Å²) in [5.41, 5.74) is 0.775. The molecule has 0 saturated carbocycles. The number of rotatable bonds is 6. The molecule has 0 bridgehead atoms. The van der Waals surface area contributed by atoms with Gasteiger partial charge in [0.2, 0.25) is 0 Å². The molecular weight excluding hydrogens is 434 g/mol. The number of benzene rings is 2. The van der Waals surface area contributed by atoms with E-state index in [1.165, 1.54) is 37.4 Å². The van der Waals surface area contributed by atoms with Gasteiger partial charge in [0.25, 0.3) is 10.0 Å². The molecule has 0 fully saturated rings. The minimum Gasteiger partial charge on any atom is -0.496 e. The molecule has 2 aromatic rings. The molecule has 0 saturated heterocycles. The lowest BCUT2D eigenvalue weighted by atomic mass is 10.2. The number of anilines is 1. The van der Waals surface area contributed by atoms with Crippen LogP contribution in [0.15, 0.2) is 45.8 Å². The van der Waals surface area contributed by atoms with Crippen LogP contribution in [-0.4, -0.2) is 33.1 Å². The summed E-state index contributed by atoms with van der Waals surface area (Å²) in [5.74, 6) is -0.747. The minimum absolute atomic E-state index is 0.0360. The van der Waals surface area contributed by atoms with Gasteiger partial charge in [0, 0.05) is 4.47 Å². The summed E-state index contributed by atoms with van der Waals surface area (Å²) in [6, 6.07) is 8.76. The van der Waals surface area contributed by atoms with Crippen molar-refractivity contribution in [3.8, 4) is 5.75 Å². The topological polar surface area (TPSA) is 83.9 Å². The zero-order valence-corrected chi connectivity index (χ0v) is 16.5. The van der Waals surface area contributed by atoms with E-state index in [0.29, 0.717) is 15.8 Å². The Morgan fingerprint density at radius 2 is 1.96 bits per heavy atom. The summed E-state index contributed by atoms with van der Waals surface area (Å²) in [6.45, 7) is 0.973. The highest BCUT2D eigenvalue weighted by Crippen LogP contribution is 2.31. The zero-order chi connectivity index (χ0) is 18.8. The number of nitrogens with zero attached hydrogens (tertiary/aromatic N) is 1. The third-order valence-corrected chi connectivity index (χ3v) is 6.43. The molecule has 0 amide bonds. The lowest BCUT2D eigenvalue weighted by Gasteiger charge is -2.23. The fourth-order valence-electron chi connectivity index (χ4n) is 2.22. The predicted molar refractivity (Wildman–Crippen MR) is 99.1 cm³/mol. The van der Waals surface area contributed by atoms with Crippen LogP contribution >= 0.6 is 27.5 Å². The molecule has 0 radical (unpaired) electrons. The van der Waals surface area contributed by atoms with Gasteiger partial charge < -0.3 is 9.84 Å². The maximum Gasteiger partial charge on any atom is 0.324 e. The van der Waals surface area contributed by atoms with Gasteiger partial charge in [0.1, 0.15) is 12.3 Å². The van der Waals surface area contributed by atoms with Crippen LogP contribution in [0.5, 0.6) is 5.75 Å². The van der Waals surface area contributed by atoms with Gasteiger partial charge in [0.05, 0.1) is 22.7 Å². The summed E-state index contributed by atoms with van der Waals surface area (Å²) in [5, 5.41) is 9.42. The van der Waals surface area contributed by atoms with Crippen molar-refractivity contribution in [3.63, 3.8) is 0 Å². The third-order valence-electron chi connectivity index (χ3n) is 3.42. The minimum atomic E-state index is -4.10. The molecule has 0 spiro atoms. The average Bonchev–Trinajstić information content (AvgIpc) is 2.55.